The van der Waals surface area contributed by atoms with Gasteiger partial charge in [-0.3, -0.25) is 9.59 Å². The first kappa shape index (κ1) is 21.4. The lowest BCUT2D eigenvalue weighted by molar-refractivity contribution is -0.123. The summed E-state index contributed by atoms with van der Waals surface area (Å²) in [5.74, 6) is -1.08. The molecule has 0 saturated heterocycles. The highest BCUT2D eigenvalue weighted by Gasteiger charge is 2.30. The van der Waals surface area contributed by atoms with Gasteiger partial charge in [-0.2, -0.15) is 0 Å². The molecule has 0 bridgehead atoms. The van der Waals surface area contributed by atoms with Gasteiger partial charge in [0.15, 0.2) is 11.6 Å². The number of hydrogen-bond acceptors (Lipinski definition) is 4. The van der Waals surface area contributed by atoms with Crippen LogP contribution in [0.5, 0.6) is 0 Å². The van der Waals surface area contributed by atoms with Crippen LogP contribution in [0.4, 0.5) is 0 Å². The van der Waals surface area contributed by atoms with Gasteiger partial charge in [0, 0.05) is 12.8 Å². The van der Waals surface area contributed by atoms with Gasteiger partial charge < -0.3 is 10.2 Å². The second kappa shape index (κ2) is 11.7. The van der Waals surface area contributed by atoms with Crippen LogP contribution >= 0.6 is 0 Å². The van der Waals surface area contributed by atoms with E-state index in [4.69, 9.17) is 0 Å². The molecule has 0 spiro atoms. The summed E-state index contributed by atoms with van der Waals surface area (Å²) >= 11 is 0. The van der Waals surface area contributed by atoms with Crippen molar-refractivity contribution in [3.8, 4) is 0 Å². The molecule has 1 atom stereocenters. The quantitative estimate of drug-likeness (QED) is 0.406. The molecule has 0 fully saturated rings. The Kier molecular flexibility index (Phi) is 9.26. The van der Waals surface area contributed by atoms with Crippen LogP contribution in [0.2, 0.25) is 0 Å². The third-order valence-electron chi connectivity index (χ3n) is 5.24. The second-order valence-electron chi connectivity index (χ2n) is 7.48. The van der Waals surface area contributed by atoms with Gasteiger partial charge in [0.05, 0.1) is 0 Å². The zero-order valence-corrected chi connectivity index (χ0v) is 16.2. The van der Waals surface area contributed by atoms with Crippen molar-refractivity contribution in [2.24, 2.45) is 0 Å². The lowest BCUT2D eigenvalue weighted by Gasteiger charge is -2.18. The Bertz CT molecular complexity index is 633. The van der Waals surface area contributed by atoms with Gasteiger partial charge in [0.1, 0.15) is 17.4 Å². The number of hydrogen-bond donors (Lipinski definition) is 2. The van der Waals surface area contributed by atoms with E-state index in [1.165, 1.54) is 37.7 Å². The molecule has 1 aliphatic rings. The summed E-state index contributed by atoms with van der Waals surface area (Å²) in [6, 6.07) is 10.6. The van der Waals surface area contributed by atoms with Crippen LogP contribution in [0.1, 0.15) is 76.2 Å². The van der Waals surface area contributed by atoms with Gasteiger partial charge in [0.2, 0.25) is 0 Å². The molecule has 0 aromatic heterocycles. The van der Waals surface area contributed by atoms with Crippen LogP contribution in [0.15, 0.2) is 41.7 Å². The summed E-state index contributed by atoms with van der Waals surface area (Å²) in [6.45, 7) is 0. The Morgan fingerprint density at radius 3 is 2.19 bits per heavy atom. The average molecular weight is 373 g/mol. The summed E-state index contributed by atoms with van der Waals surface area (Å²) in [4.78, 5) is 23.9. The summed E-state index contributed by atoms with van der Waals surface area (Å²) in [7, 11) is 0. The van der Waals surface area contributed by atoms with E-state index in [2.05, 4.69) is 24.3 Å². The number of ketones is 2. The fourth-order valence-electron chi connectivity index (χ4n) is 3.58. The number of unbranched alkanes of at least 4 members (excludes halogenated alkanes) is 7. The number of aliphatic hydroxyl groups is 2. The van der Waals surface area contributed by atoms with Crippen molar-refractivity contribution in [2.45, 2.75) is 83.2 Å². The van der Waals surface area contributed by atoms with E-state index in [-0.39, 0.29) is 36.4 Å². The molecule has 1 unspecified atom stereocenters. The number of allylic oxidation sites excluding steroid dienone is 1. The van der Waals surface area contributed by atoms with Crippen LogP contribution in [0.25, 0.3) is 0 Å². The molecule has 1 aliphatic carbocycles. The molecule has 0 amide bonds. The molecule has 0 radical (unpaired) electrons. The molecular formula is C23H32O4. The molecule has 148 valence electrons. The Balaban J connectivity index is 1.49. The molecule has 2 N–H and O–H groups in total. The molecule has 4 nitrogen and oxygen atoms in total. The summed E-state index contributed by atoms with van der Waals surface area (Å²) < 4.78 is 0. The van der Waals surface area contributed by atoms with Crippen LogP contribution in [-0.4, -0.2) is 27.9 Å². The summed E-state index contributed by atoms with van der Waals surface area (Å²) in [6.07, 6.45) is 9.60. The largest absolute Gasteiger partial charge is 0.509 e. The molecule has 27 heavy (non-hydrogen) atoms. The maximum atomic E-state index is 12.1. The zero-order chi connectivity index (χ0) is 19.5. The normalized spacial score (nSPS) is 17.4. The first-order valence-corrected chi connectivity index (χ1v) is 10.3. The van der Waals surface area contributed by atoms with E-state index in [0.29, 0.717) is 0 Å². The zero-order valence-electron chi connectivity index (χ0n) is 16.2. The molecule has 1 aromatic carbocycles. The van der Waals surface area contributed by atoms with Gasteiger partial charge in [0.25, 0.3) is 0 Å². The number of aryl methyl sites for hydroxylation is 1. The monoisotopic (exact) mass is 372 g/mol. The predicted molar refractivity (Wildman–Crippen MR) is 107 cm³/mol. The molecule has 0 heterocycles. The second-order valence-corrected chi connectivity index (χ2v) is 7.48. The van der Waals surface area contributed by atoms with Crippen molar-refractivity contribution in [1.29, 1.82) is 0 Å². The van der Waals surface area contributed by atoms with Gasteiger partial charge in [-0.05, 0) is 31.2 Å². The number of carbonyl (C=O) groups is 2. The minimum atomic E-state index is -1.07. The number of rotatable bonds is 12. The van der Waals surface area contributed by atoms with Crippen molar-refractivity contribution in [1.82, 2.24) is 0 Å². The van der Waals surface area contributed by atoms with Gasteiger partial charge in [-0.1, -0.05) is 68.9 Å². The summed E-state index contributed by atoms with van der Waals surface area (Å²) in [5.41, 5.74) is 1.25. The lowest BCUT2D eigenvalue weighted by Crippen LogP contribution is -2.27. The minimum absolute atomic E-state index is 0.135. The van der Waals surface area contributed by atoms with Crippen LogP contribution in [0.3, 0.4) is 0 Å². The van der Waals surface area contributed by atoms with E-state index >= 15 is 0 Å². The first-order valence-electron chi connectivity index (χ1n) is 10.3. The number of carbonyl (C=O) groups excluding carboxylic acids is 2. The van der Waals surface area contributed by atoms with Crippen molar-refractivity contribution < 1.29 is 19.8 Å². The van der Waals surface area contributed by atoms with Crippen LogP contribution in [0, 0.1) is 0 Å². The fourth-order valence-corrected chi connectivity index (χ4v) is 3.58. The number of aliphatic hydroxyl groups excluding tert-OH is 2. The third kappa shape index (κ3) is 7.30. The molecule has 2 rings (SSSR count). The van der Waals surface area contributed by atoms with Gasteiger partial charge in [-0.15, -0.1) is 0 Å². The highest BCUT2D eigenvalue weighted by atomic mass is 16.3. The average Bonchev–Trinajstić information content (AvgIpc) is 2.67. The maximum absolute atomic E-state index is 12.1. The predicted octanol–water partition coefficient (Wildman–Crippen LogP) is 4.85. The van der Waals surface area contributed by atoms with Crippen molar-refractivity contribution in [3.63, 3.8) is 0 Å². The minimum Gasteiger partial charge on any atom is -0.509 e. The molecule has 4 heteroatoms. The highest BCUT2D eigenvalue weighted by molar-refractivity contribution is 6.21. The smallest absolute Gasteiger partial charge is 0.170 e. The fraction of sp³-hybridized carbons (Fsp3) is 0.565. The Morgan fingerprint density at radius 2 is 1.52 bits per heavy atom. The van der Waals surface area contributed by atoms with E-state index in [1.807, 2.05) is 6.07 Å². The SMILES string of the molecule is O=C(CCCCCCCCCCc1ccccc1)C1=C(O)C(O)CCC1=O. The molecule has 1 aromatic rings. The van der Waals surface area contributed by atoms with Crippen LogP contribution < -0.4 is 0 Å². The van der Waals surface area contributed by atoms with E-state index in [1.54, 1.807) is 0 Å². The molecule has 0 saturated carbocycles. The van der Waals surface area contributed by atoms with E-state index < -0.39 is 11.9 Å². The summed E-state index contributed by atoms with van der Waals surface area (Å²) in [5, 5.41) is 19.4. The Morgan fingerprint density at radius 1 is 0.926 bits per heavy atom. The van der Waals surface area contributed by atoms with Gasteiger partial charge in [-0.25, -0.2) is 0 Å². The standard InChI is InChI=1S/C23H32O4/c24-19(22-20(25)16-17-21(26)23(22)27)15-11-6-4-2-1-3-5-8-12-18-13-9-7-10-14-18/h7,9-10,13-14,21,26-27H,1-6,8,11-12,15-17H2. The topological polar surface area (TPSA) is 74.6 Å². The van der Waals surface area contributed by atoms with E-state index in [9.17, 15) is 19.8 Å². The maximum Gasteiger partial charge on any atom is 0.170 e. The first-order chi connectivity index (χ1) is 13.1. The molecular weight excluding hydrogens is 340 g/mol. The molecule has 0 aliphatic heterocycles. The Labute approximate surface area is 162 Å². The number of Topliss-reactive ketones (excluding diaryl/α,β-unsaturated/α-hetero) is 2. The van der Waals surface area contributed by atoms with Gasteiger partial charge >= 0.3 is 0 Å². The van der Waals surface area contributed by atoms with E-state index in [0.717, 1.165) is 25.7 Å². The number of benzene rings is 1. The Hall–Kier alpha value is -1.94. The lowest BCUT2D eigenvalue weighted by atomic mass is 9.89. The highest BCUT2D eigenvalue weighted by Crippen LogP contribution is 2.23. The van der Waals surface area contributed by atoms with Crippen molar-refractivity contribution in [2.75, 3.05) is 0 Å². The van der Waals surface area contributed by atoms with Crippen molar-refractivity contribution >= 4 is 11.6 Å². The van der Waals surface area contributed by atoms with Crippen LogP contribution in [-0.2, 0) is 16.0 Å². The third-order valence-corrected chi connectivity index (χ3v) is 5.24. The van der Waals surface area contributed by atoms with Crippen molar-refractivity contribution in [3.05, 3.63) is 47.2 Å².